The van der Waals surface area contributed by atoms with Crippen molar-refractivity contribution in [2.75, 3.05) is 19.8 Å². The molecular weight excluding hydrogens is 919 g/mol. The highest BCUT2D eigenvalue weighted by Crippen LogP contribution is 2.23. The number of unbranched alkanes of at least 4 members (excludes halogenated alkanes) is 24. The predicted molar refractivity (Wildman–Crippen MR) is 301 cm³/mol. The fourth-order valence-electron chi connectivity index (χ4n) is 8.59. The first-order valence-corrected chi connectivity index (χ1v) is 29.3. The van der Waals surface area contributed by atoms with Crippen LogP contribution < -0.4 is 5.32 Å². The van der Waals surface area contributed by atoms with Gasteiger partial charge in [0, 0.05) is 12.8 Å². The van der Waals surface area contributed by atoms with Gasteiger partial charge in [0.1, 0.15) is 24.4 Å². The first-order valence-electron chi connectivity index (χ1n) is 29.3. The fourth-order valence-corrected chi connectivity index (χ4v) is 8.59. The van der Waals surface area contributed by atoms with Gasteiger partial charge in [-0.15, -0.1) is 0 Å². The number of aliphatic hydroxyl groups excluding tert-OH is 5. The molecule has 6 N–H and O–H groups in total. The third-order valence-electron chi connectivity index (χ3n) is 13.3. The third kappa shape index (κ3) is 40.8. The van der Waals surface area contributed by atoms with Crippen LogP contribution in [-0.2, 0) is 23.8 Å². The van der Waals surface area contributed by atoms with E-state index >= 15 is 0 Å². The Hall–Kier alpha value is -3.16. The van der Waals surface area contributed by atoms with Crippen molar-refractivity contribution in [2.24, 2.45) is 0 Å². The number of esters is 1. The second kappa shape index (κ2) is 51.0. The molecule has 0 aromatic carbocycles. The molecule has 0 aliphatic carbocycles. The molecule has 0 radical (unpaired) electrons. The normalized spacial score (nSPS) is 19.6. The number of carbonyl (C=O) groups is 2. The van der Waals surface area contributed by atoms with Crippen molar-refractivity contribution >= 4 is 11.9 Å². The molecule has 0 aromatic rings. The summed E-state index contributed by atoms with van der Waals surface area (Å²) in [6.45, 7) is 3.99. The summed E-state index contributed by atoms with van der Waals surface area (Å²) in [5.74, 6) is -0.257. The van der Waals surface area contributed by atoms with Gasteiger partial charge in [-0.25, -0.2) is 0 Å². The molecule has 420 valence electrons. The zero-order valence-corrected chi connectivity index (χ0v) is 46.1. The van der Waals surface area contributed by atoms with Crippen molar-refractivity contribution < 1.29 is 49.3 Å². The van der Waals surface area contributed by atoms with Gasteiger partial charge < -0.3 is 45.1 Å². The average Bonchev–Trinajstić information content (AvgIpc) is 3.39. The number of hydrogen-bond acceptors (Lipinski definition) is 10. The lowest BCUT2D eigenvalue weighted by atomic mass is 9.99. The van der Waals surface area contributed by atoms with E-state index in [9.17, 15) is 35.1 Å². The van der Waals surface area contributed by atoms with Crippen molar-refractivity contribution in [1.82, 2.24) is 5.32 Å². The lowest BCUT2D eigenvalue weighted by Crippen LogP contribution is -2.60. The SMILES string of the molecule is C/C=C/CC/C=C/CC/C=C/C(O)C(COC1OC(CO)C(O)C(O)C1O)NC(=O)CCCCCCCCC/C=C\C/C=C\CCCCCOC(=O)CCCCCCCCCCC/C=C\C/C=C\CCCCC. The minimum Gasteiger partial charge on any atom is -0.466 e. The molecule has 1 saturated heterocycles. The minimum atomic E-state index is -1.59. The Balaban J connectivity index is 2.06. The molecule has 1 fully saturated rings. The first kappa shape index (κ1) is 67.9. The van der Waals surface area contributed by atoms with E-state index in [0.29, 0.717) is 25.9 Å². The molecule has 1 heterocycles. The maximum Gasteiger partial charge on any atom is 0.305 e. The van der Waals surface area contributed by atoms with Gasteiger partial charge in [0.15, 0.2) is 6.29 Å². The number of amides is 1. The van der Waals surface area contributed by atoms with E-state index in [1.165, 1.54) is 96.3 Å². The van der Waals surface area contributed by atoms with E-state index in [2.05, 4.69) is 79.1 Å². The van der Waals surface area contributed by atoms with Crippen molar-refractivity contribution in [3.8, 4) is 0 Å². The van der Waals surface area contributed by atoms with Crippen LogP contribution in [0.5, 0.6) is 0 Å². The number of aliphatic hydroxyl groups is 5. The predicted octanol–water partition coefficient (Wildman–Crippen LogP) is 13.4. The standard InChI is InChI=1S/C62H107NO10/c1-3-5-7-9-11-13-14-15-16-17-18-21-24-27-30-34-38-42-46-50-58(67)71-51-47-43-39-35-31-28-25-22-19-20-23-26-29-33-37-41-45-49-57(66)63-54(55(65)48-44-40-36-32-12-10-8-6-4-2)53-72-62-61(70)60(69)59(68)56(52-64)73-62/h4,6,11-13,15-16,19,22,28,31-32,44,48,54-56,59-62,64-65,68-70H,3,5,7-10,14,17-18,20-21,23-27,29-30,33-43,45-47,49-53H2,1-2H3,(H,63,66)/b6-4+,13-11-,16-15-,22-19-,31-28-,32-12+,48-44+. The van der Waals surface area contributed by atoms with Crippen LogP contribution in [0.4, 0.5) is 0 Å². The van der Waals surface area contributed by atoms with E-state index in [1.54, 1.807) is 6.08 Å². The quantitative estimate of drug-likeness (QED) is 0.0195. The van der Waals surface area contributed by atoms with E-state index in [4.69, 9.17) is 14.2 Å². The van der Waals surface area contributed by atoms with Crippen LogP contribution in [0, 0.1) is 0 Å². The Labute approximate surface area is 444 Å². The van der Waals surface area contributed by atoms with Crippen molar-refractivity contribution in [2.45, 2.75) is 275 Å². The van der Waals surface area contributed by atoms with Gasteiger partial charge in [0.05, 0.1) is 32.0 Å². The third-order valence-corrected chi connectivity index (χ3v) is 13.3. The Morgan fingerprint density at radius 1 is 0.534 bits per heavy atom. The molecule has 0 bridgehead atoms. The summed E-state index contributed by atoms with van der Waals surface area (Å²) in [5, 5.41) is 54.1. The Bertz CT molecular complexity index is 1490. The highest BCUT2D eigenvalue weighted by atomic mass is 16.7. The average molecular weight is 1030 g/mol. The van der Waals surface area contributed by atoms with E-state index < -0.39 is 49.5 Å². The van der Waals surface area contributed by atoms with E-state index in [-0.39, 0.29) is 18.5 Å². The van der Waals surface area contributed by atoms with Crippen LogP contribution in [0.15, 0.2) is 85.1 Å². The number of carbonyl (C=O) groups excluding carboxylic acids is 2. The summed E-state index contributed by atoms with van der Waals surface area (Å²) in [5.41, 5.74) is 0. The second-order valence-electron chi connectivity index (χ2n) is 20.0. The molecule has 1 aliphatic rings. The van der Waals surface area contributed by atoms with Gasteiger partial charge in [0.25, 0.3) is 0 Å². The minimum absolute atomic E-state index is 0.0389. The number of hydrogen-bond donors (Lipinski definition) is 6. The van der Waals surface area contributed by atoms with E-state index in [0.717, 1.165) is 103 Å². The molecule has 11 nitrogen and oxygen atoms in total. The molecule has 0 saturated carbocycles. The molecule has 1 rings (SSSR count). The highest BCUT2D eigenvalue weighted by Gasteiger charge is 2.44. The Morgan fingerprint density at radius 3 is 1.51 bits per heavy atom. The second-order valence-corrected chi connectivity index (χ2v) is 20.0. The van der Waals surface area contributed by atoms with Gasteiger partial charge in [-0.2, -0.15) is 0 Å². The first-order chi connectivity index (χ1) is 35.7. The van der Waals surface area contributed by atoms with Crippen molar-refractivity contribution in [1.29, 1.82) is 0 Å². The van der Waals surface area contributed by atoms with Crippen LogP contribution >= 0.6 is 0 Å². The maximum atomic E-state index is 13.0. The van der Waals surface area contributed by atoms with Crippen LogP contribution in [0.3, 0.4) is 0 Å². The van der Waals surface area contributed by atoms with Crippen LogP contribution in [0.25, 0.3) is 0 Å². The lowest BCUT2D eigenvalue weighted by molar-refractivity contribution is -0.302. The molecule has 1 amide bonds. The van der Waals surface area contributed by atoms with Gasteiger partial charge in [-0.05, 0) is 122 Å². The van der Waals surface area contributed by atoms with Crippen LogP contribution in [0.1, 0.15) is 232 Å². The molecule has 0 aromatic heterocycles. The van der Waals surface area contributed by atoms with Crippen LogP contribution in [0.2, 0.25) is 0 Å². The van der Waals surface area contributed by atoms with Crippen LogP contribution in [-0.4, -0.2) is 100 Å². The molecular formula is C62H107NO10. The number of rotatable bonds is 49. The smallest absolute Gasteiger partial charge is 0.305 e. The Kier molecular flexibility index (Phi) is 47.4. The summed E-state index contributed by atoms with van der Waals surface area (Å²) in [6.07, 6.45) is 58.5. The largest absolute Gasteiger partial charge is 0.466 e. The number of ether oxygens (including phenoxy) is 3. The molecule has 1 aliphatic heterocycles. The van der Waals surface area contributed by atoms with Crippen molar-refractivity contribution in [3.05, 3.63) is 85.1 Å². The lowest BCUT2D eigenvalue weighted by Gasteiger charge is -2.40. The molecule has 11 heteroatoms. The molecule has 0 spiro atoms. The summed E-state index contributed by atoms with van der Waals surface area (Å²) in [7, 11) is 0. The summed E-state index contributed by atoms with van der Waals surface area (Å²) in [4.78, 5) is 25.1. The van der Waals surface area contributed by atoms with E-state index in [1.807, 2.05) is 19.1 Å². The molecule has 7 unspecified atom stereocenters. The zero-order valence-electron chi connectivity index (χ0n) is 46.1. The Morgan fingerprint density at radius 2 is 0.986 bits per heavy atom. The van der Waals surface area contributed by atoms with Gasteiger partial charge in [0.2, 0.25) is 5.91 Å². The topological polar surface area (TPSA) is 175 Å². The summed E-state index contributed by atoms with van der Waals surface area (Å²) >= 11 is 0. The monoisotopic (exact) mass is 1030 g/mol. The maximum absolute atomic E-state index is 13.0. The molecule has 73 heavy (non-hydrogen) atoms. The summed E-state index contributed by atoms with van der Waals surface area (Å²) in [6, 6.07) is -0.848. The zero-order chi connectivity index (χ0) is 53.1. The van der Waals surface area contributed by atoms with Gasteiger partial charge in [-0.3, -0.25) is 9.59 Å². The van der Waals surface area contributed by atoms with Gasteiger partial charge >= 0.3 is 5.97 Å². The molecule has 7 atom stereocenters. The highest BCUT2D eigenvalue weighted by molar-refractivity contribution is 5.76. The fraction of sp³-hybridized carbons (Fsp3) is 0.742. The number of allylic oxidation sites excluding steroid dienone is 13. The van der Waals surface area contributed by atoms with Gasteiger partial charge in [-0.1, -0.05) is 182 Å². The number of nitrogens with one attached hydrogen (secondary N) is 1. The van der Waals surface area contributed by atoms with Crippen molar-refractivity contribution in [3.63, 3.8) is 0 Å². The summed E-state index contributed by atoms with van der Waals surface area (Å²) < 4.78 is 16.6.